The van der Waals surface area contributed by atoms with Crippen LogP contribution in [0.4, 0.5) is 0 Å². The smallest absolute Gasteiger partial charge is 0.258 e. The maximum absolute atomic E-state index is 13.8. The molecule has 4 aromatic carbocycles. The summed E-state index contributed by atoms with van der Waals surface area (Å²) in [5.74, 6) is 0.641. The lowest BCUT2D eigenvalue weighted by molar-refractivity contribution is 0.0595. The van der Waals surface area contributed by atoms with Gasteiger partial charge in [-0.3, -0.25) is 9.69 Å². The van der Waals surface area contributed by atoms with E-state index in [-0.39, 0.29) is 11.9 Å². The Morgan fingerprint density at radius 1 is 0.686 bits per heavy atom. The topological polar surface area (TPSA) is 32.8 Å². The van der Waals surface area contributed by atoms with Gasteiger partial charge in [0.2, 0.25) is 0 Å². The van der Waals surface area contributed by atoms with Crippen molar-refractivity contribution in [2.75, 3.05) is 33.3 Å². The number of ether oxygens (including phenoxy) is 1. The number of methoxy groups -OCH3 is 1. The van der Waals surface area contributed by atoms with Gasteiger partial charge in [0, 0.05) is 26.2 Å². The molecule has 0 aliphatic carbocycles. The van der Waals surface area contributed by atoms with Gasteiger partial charge in [0.25, 0.3) is 5.91 Å². The molecule has 1 aliphatic rings. The molecular weight excluding hydrogens is 432 g/mol. The Bertz CT molecular complexity index is 1210. The normalized spacial score (nSPS) is 14.2. The first-order valence-electron chi connectivity index (χ1n) is 12.1. The summed E-state index contributed by atoms with van der Waals surface area (Å²) >= 11 is 0. The van der Waals surface area contributed by atoms with E-state index in [1.54, 1.807) is 7.11 Å². The minimum Gasteiger partial charge on any atom is -0.496 e. The Hall–Kier alpha value is -3.89. The molecule has 0 N–H and O–H groups in total. The summed E-state index contributed by atoms with van der Waals surface area (Å²) in [6.45, 7) is 2.94. The SMILES string of the molecule is COc1cccc(-c2ccccc2)c1C(=O)N1CCN(C(c2ccccc2)c2ccccc2)CC1. The predicted molar refractivity (Wildman–Crippen MR) is 141 cm³/mol. The molecule has 0 radical (unpaired) electrons. The molecule has 4 aromatic rings. The van der Waals surface area contributed by atoms with E-state index >= 15 is 0 Å². The molecule has 4 heteroatoms. The summed E-state index contributed by atoms with van der Waals surface area (Å²) in [5, 5.41) is 0. The molecule has 1 aliphatic heterocycles. The van der Waals surface area contributed by atoms with Crippen LogP contribution in [0.2, 0.25) is 0 Å². The number of hydrogen-bond donors (Lipinski definition) is 0. The van der Waals surface area contributed by atoms with Gasteiger partial charge in [0.05, 0.1) is 18.7 Å². The highest BCUT2D eigenvalue weighted by Gasteiger charge is 2.30. The van der Waals surface area contributed by atoms with Crippen LogP contribution in [0, 0.1) is 0 Å². The number of piperazine rings is 1. The lowest BCUT2D eigenvalue weighted by atomic mass is 9.96. The van der Waals surface area contributed by atoms with Crippen LogP contribution in [-0.4, -0.2) is 49.0 Å². The van der Waals surface area contributed by atoms with E-state index in [9.17, 15) is 4.79 Å². The lowest BCUT2D eigenvalue weighted by Gasteiger charge is -2.40. The van der Waals surface area contributed by atoms with Crippen LogP contribution >= 0.6 is 0 Å². The molecule has 0 spiro atoms. The minimum absolute atomic E-state index is 0.0249. The maximum atomic E-state index is 13.8. The van der Waals surface area contributed by atoms with Crippen molar-refractivity contribution >= 4 is 5.91 Å². The molecular formula is C31H30N2O2. The molecule has 0 bridgehead atoms. The van der Waals surface area contributed by atoms with Crippen molar-refractivity contribution < 1.29 is 9.53 Å². The largest absolute Gasteiger partial charge is 0.496 e. The third-order valence-electron chi connectivity index (χ3n) is 6.74. The van der Waals surface area contributed by atoms with Crippen LogP contribution in [0.15, 0.2) is 109 Å². The first-order chi connectivity index (χ1) is 17.3. The number of nitrogens with zero attached hydrogens (tertiary/aromatic N) is 2. The molecule has 35 heavy (non-hydrogen) atoms. The number of hydrogen-bond acceptors (Lipinski definition) is 3. The first kappa shape index (κ1) is 22.9. The van der Waals surface area contributed by atoms with Crippen LogP contribution in [0.25, 0.3) is 11.1 Å². The molecule has 4 nitrogen and oxygen atoms in total. The summed E-state index contributed by atoms with van der Waals surface area (Å²) in [5.41, 5.74) is 5.10. The fraction of sp³-hybridized carbons (Fsp3) is 0.194. The monoisotopic (exact) mass is 462 g/mol. The van der Waals surface area contributed by atoms with Crippen molar-refractivity contribution in [3.8, 4) is 16.9 Å². The van der Waals surface area contributed by atoms with Gasteiger partial charge in [-0.05, 0) is 28.3 Å². The van der Waals surface area contributed by atoms with Gasteiger partial charge in [-0.25, -0.2) is 0 Å². The van der Waals surface area contributed by atoms with Crippen LogP contribution in [0.5, 0.6) is 5.75 Å². The fourth-order valence-corrected chi connectivity index (χ4v) is 5.01. The zero-order valence-corrected chi connectivity index (χ0v) is 20.0. The molecule has 0 atom stereocenters. The van der Waals surface area contributed by atoms with Crippen LogP contribution < -0.4 is 4.74 Å². The van der Waals surface area contributed by atoms with E-state index in [1.165, 1.54) is 11.1 Å². The molecule has 1 fully saturated rings. The van der Waals surface area contributed by atoms with E-state index in [0.29, 0.717) is 24.4 Å². The average molecular weight is 463 g/mol. The first-order valence-corrected chi connectivity index (χ1v) is 12.1. The Labute approximate surface area is 207 Å². The highest BCUT2D eigenvalue weighted by atomic mass is 16.5. The summed E-state index contributed by atoms with van der Waals surface area (Å²) in [7, 11) is 1.63. The third-order valence-corrected chi connectivity index (χ3v) is 6.74. The van der Waals surface area contributed by atoms with Gasteiger partial charge in [0.1, 0.15) is 5.75 Å². The second-order valence-corrected chi connectivity index (χ2v) is 8.80. The van der Waals surface area contributed by atoms with E-state index < -0.39 is 0 Å². The molecule has 0 saturated carbocycles. The number of carbonyl (C=O) groups excluding carboxylic acids is 1. The second-order valence-electron chi connectivity index (χ2n) is 8.80. The molecule has 1 amide bonds. The molecule has 176 valence electrons. The van der Waals surface area contributed by atoms with Gasteiger partial charge in [-0.1, -0.05) is 103 Å². The standard InChI is InChI=1S/C31H30N2O2/c1-35-28-19-11-18-27(24-12-5-2-6-13-24)29(28)31(34)33-22-20-32(21-23-33)30(25-14-7-3-8-15-25)26-16-9-4-10-17-26/h2-19,30H,20-23H2,1H3. The van der Waals surface area contributed by atoms with E-state index in [2.05, 4.69) is 65.6 Å². The quantitative estimate of drug-likeness (QED) is 0.357. The third kappa shape index (κ3) is 4.84. The van der Waals surface area contributed by atoms with Crippen molar-refractivity contribution in [1.82, 2.24) is 9.80 Å². The zero-order valence-electron chi connectivity index (χ0n) is 20.0. The fourth-order valence-electron chi connectivity index (χ4n) is 5.01. The molecule has 0 unspecified atom stereocenters. The Kier molecular flexibility index (Phi) is 6.92. The Morgan fingerprint density at radius 3 is 1.77 bits per heavy atom. The number of benzene rings is 4. The highest BCUT2D eigenvalue weighted by Crippen LogP contribution is 2.33. The Morgan fingerprint density at radius 2 is 1.23 bits per heavy atom. The number of rotatable bonds is 6. The van der Waals surface area contributed by atoms with Crippen LogP contribution in [0.1, 0.15) is 27.5 Å². The van der Waals surface area contributed by atoms with Crippen LogP contribution in [-0.2, 0) is 0 Å². The zero-order chi connectivity index (χ0) is 24.0. The molecule has 5 rings (SSSR count). The average Bonchev–Trinajstić information content (AvgIpc) is 2.94. The van der Waals surface area contributed by atoms with Crippen molar-refractivity contribution in [3.05, 3.63) is 126 Å². The second kappa shape index (κ2) is 10.6. The van der Waals surface area contributed by atoms with Crippen molar-refractivity contribution in [3.63, 3.8) is 0 Å². The Balaban J connectivity index is 1.40. The summed E-state index contributed by atoms with van der Waals surface area (Å²) in [4.78, 5) is 18.3. The van der Waals surface area contributed by atoms with Crippen molar-refractivity contribution in [2.45, 2.75) is 6.04 Å². The van der Waals surface area contributed by atoms with Gasteiger partial charge < -0.3 is 9.64 Å². The lowest BCUT2D eigenvalue weighted by Crippen LogP contribution is -2.50. The van der Waals surface area contributed by atoms with Gasteiger partial charge in [0.15, 0.2) is 0 Å². The van der Waals surface area contributed by atoms with Crippen LogP contribution in [0.3, 0.4) is 0 Å². The van der Waals surface area contributed by atoms with E-state index in [0.717, 1.165) is 24.2 Å². The summed E-state index contributed by atoms with van der Waals surface area (Å²) in [6, 6.07) is 37.3. The molecule has 1 heterocycles. The van der Waals surface area contributed by atoms with Crippen molar-refractivity contribution in [1.29, 1.82) is 0 Å². The highest BCUT2D eigenvalue weighted by molar-refractivity contribution is 6.03. The van der Waals surface area contributed by atoms with Gasteiger partial charge >= 0.3 is 0 Å². The predicted octanol–water partition coefficient (Wildman–Crippen LogP) is 5.91. The molecule has 0 aromatic heterocycles. The number of amides is 1. The summed E-state index contributed by atoms with van der Waals surface area (Å²) < 4.78 is 5.64. The van der Waals surface area contributed by atoms with Gasteiger partial charge in [-0.2, -0.15) is 0 Å². The minimum atomic E-state index is 0.0249. The van der Waals surface area contributed by atoms with Gasteiger partial charge in [-0.15, -0.1) is 0 Å². The van der Waals surface area contributed by atoms with E-state index in [4.69, 9.17) is 4.74 Å². The number of carbonyl (C=O) groups is 1. The molecule has 1 saturated heterocycles. The summed E-state index contributed by atoms with van der Waals surface area (Å²) in [6.07, 6.45) is 0. The van der Waals surface area contributed by atoms with E-state index in [1.807, 2.05) is 53.4 Å². The van der Waals surface area contributed by atoms with Crippen molar-refractivity contribution in [2.24, 2.45) is 0 Å². The maximum Gasteiger partial charge on any atom is 0.258 e.